The molecule has 0 saturated heterocycles. The minimum atomic E-state index is -3.97. The molecule has 1 aromatic carbocycles. The number of halogens is 2. The van der Waals surface area contributed by atoms with Gasteiger partial charge in [-0.15, -0.1) is 0 Å². The molecule has 0 radical (unpaired) electrons. The summed E-state index contributed by atoms with van der Waals surface area (Å²) >= 11 is 3.13. The molecule has 5 nitrogen and oxygen atoms in total. The molecule has 0 unspecified atom stereocenters. The number of benzene rings is 1. The third-order valence-corrected chi connectivity index (χ3v) is 6.52. The van der Waals surface area contributed by atoms with Crippen LogP contribution in [0.5, 0.6) is 5.75 Å². The summed E-state index contributed by atoms with van der Waals surface area (Å²) in [6, 6.07) is 4.30. The third kappa shape index (κ3) is 4.91. The van der Waals surface area contributed by atoms with E-state index in [0.29, 0.717) is 4.47 Å². The highest BCUT2D eigenvalue weighted by atomic mass is 79.9. The first-order valence-corrected chi connectivity index (χ1v) is 10.4. The van der Waals surface area contributed by atoms with Crippen LogP contribution in [0.15, 0.2) is 27.6 Å². The largest absolute Gasteiger partial charge is 0.491 e. The van der Waals surface area contributed by atoms with Gasteiger partial charge in [-0.1, -0.05) is 15.9 Å². The maximum atomic E-state index is 11.6. The van der Waals surface area contributed by atoms with E-state index in [1.807, 2.05) is 0 Å². The van der Waals surface area contributed by atoms with Crippen molar-refractivity contribution in [2.75, 3.05) is 12.4 Å². The van der Waals surface area contributed by atoms with Crippen LogP contribution in [0, 0.1) is 0 Å². The first kappa shape index (κ1) is 17.7. The van der Waals surface area contributed by atoms with E-state index in [1.54, 1.807) is 19.9 Å². The Morgan fingerprint density at radius 3 is 2.35 bits per heavy atom. The van der Waals surface area contributed by atoms with Gasteiger partial charge in [-0.3, -0.25) is 0 Å². The maximum Gasteiger partial charge on any atom is 0.265 e. The maximum absolute atomic E-state index is 11.6. The van der Waals surface area contributed by atoms with Crippen molar-refractivity contribution in [2.45, 2.75) is 24.0 Å². The van der Waals surface area contributed by atoms with Crippen LogP contribution in [-0.4, -0.2) is 34.4 Å². The van der Waals surface area contributed by atoms with Gasteiger partial charge in [0.05, 0.1) is 11.0 Å². The zero-order valence-corrected chi connectivity index (χ0v) is 14.8. The van der Waals surface area contributed by atoms with Gasteiger partial charge in [0.1, 0.15) is 17.3 Å². The summed E-state index contributed by atoms with van der Waals surface area (Å²) in [5.41, 5.74) is 0. The van der Waals surface area contributed by atoms with Crippen LogP contribution in [0.3, 0.4) is 0 Å². The van der Waals surface area contributed by atoms with Gasteiger partial charge < -0.3 is 4.74 Å². The van der Waals surface area contributed by atoms with Crippen molar-refractivity contribution in [3.8, 4) is 5.75 Å². The quantitative estimate of drug-likeness (QED) is 0.680. The standard InChI is InChI=1S/C11H14BrClO5S2/c1-8(2)19(14,15)6-5-18-10-4-3-9(12)7-11(10)20(13,16)17/h3-4,7-8H,5-6H2,1-2H3. The van der Waals surface area contributed by atoms with Crippen LogP contribution >= 0.6 is 26.6 Å². The van der Waals surface area contributed by atoms with Gasteiger partial charge in [0.2, 0.25) is 0 Å². The minimum absolute atomic E-state index is 0.0298. The molecule has 0 aliphatic heterocycles. The van der Waals surface area contributed by atoms with Crippen LogP contribution < -0.4 is 4.74 Å². The Bertz CT molecular complexity index is 683. The fourth-order valence-electron chi connectivity index (χ4n) is 1.30. The topological polar surface area (TPSA) is 77.5 Å². The van der Waals surface area contributed by atoms with Crippen molar-refractivity contribution in [3.63, 3.8) is 0 Å². The molecule has 1 rings (SSSR count). The van der Waals surface area contributed by atoms with Gasteiger partial charge in [-0.2, -0.15) is 0 Å². The summed E-state index contributed by atoms with van der Waals surface area (Å²) in [6.07, 6.45) is 0. The van der Waals surface area contributed by atoms with Crippen LogP contribution in [0.4, 0.5) is 0 Å². The predicted octanol–water partition coefficient (Wildman–Crippen LogP) is 2.58. The molecule has 0 aliphatic rings. The summed E-state index contributed by atoms with van der Waals surface area (Å²) in [7, 11) is -1.90. The molecule has 0 aliphatic carbocycles. The van der Waals surface area contributed by atoms with E-state index >= 15 is 0 Å². The summed E-state index contributed by atoms with van der Waals surface area (Å²) in [6.45, 7) is 3.01. The molecule has 0 spiro atoms. The molecule has 20 heavy (non-hydrogen) atoms. The summed E-state index contributed by atoms with van der Waals surface area (Å²) in [5, 5.41) is -0.507. The average Bonchev–Trinajstić information content (AvgIpc) is 2.29. The Morgan fingerprint density at radius 2 is 1.85 bits per heavy atom. The second kappa shape index (κ2) is 6.64. The lowest BCUT2D eigenvalue weighted by molar-refractivity contribution is 0.331. The van der Waals surface area contributed by atoms with Gasteiger partial charge in [0, 0.05) is 15.2 Å². The first-order chi connectivity index (χ1) is 9.04. The molecule has 0 N–H and O–H groups in total. The molecule has 9 heteroatoms. The second-order valence-electron chi connectivity index (χ2n) is 4.29. The number of ether oxygens (including phenoxy) is 1. The smallest absolute Gasteiger partial charge is 0.265 e. The fourth-order valence-corrected chi connectivity index (χ4v) is 3.59. The van der Waals surface area contributed by atoms with E-state index in [4.69, 9.17) is 15.4 Å². The summed E-state index contributed by atoms with van der Waals surface area (Å²) in [5.74, 6) is -0.162. The van der Waals surface area contributed by atoms with Crippen molar-refractivity contribution in [1.82, 2.24) is 0 Å². The van der Waals surface area contributed by atoms with Gasteiger partial charge in [0.15, 0.2) is 9.84 Å². The van der Waals surface area contributed by atoms with Gasteiger partial charge in [-0.05, 0) is 32.0 Å². The molecule has 0 amide bonds. The van der Waals surface area contributed by atoms with Crippen molar-refractivity contribution in [1.29, 1.82) is 0 Å². The zero-order valence-electron chi connectivity index (χ0n) is 10.8. The predicted molar refractivity (Wildman–Crippen MR) is 81.6 cm³/mol. The van der Waals surface area contributed by atoms with E-state index in [2.05, 4.69) is 15.9 Å². The van der Waals surface area contributed by atoms with E-state index in [9.17, 15) is 16.8 Å². The van der Waals surface area contributed by atoms with E-state index < -0.39 is 24.1 Å². The highest BCUT2D eigenvalue weighted by Gasteiger charge is 2.19. The van der Waals surface area contributed by atoms with Gasteiger partial charge in [0.25, 0.3) is 9.05 Å². The molecule has 0 heterocycles. The first-order valence-electron chi connectivity index (χ1n) is 5.62. The Hall–Kier alpha value is -0.310. The number of hydrogen-bond donors (Lipinski definition) is 0. The van der Waals surface area contributed by atoms with E-state index in [-0.39, 0.29) is 23.0 Å². The molecule has 0 bridgehead atoms. The Balaban J connectivity index is 2.90. The van der Waals surface area contributed by atoms with Crippen LogP contribution in [0.25, 0.3) is 0 Å². The summed E-state index contributed by atoms with van der Waals surface area (Å²) < 4.78 is 51.9. The third-order valence-electron chi connectivity index (χ3n) is 2.51. The zero-order chi connectivity index (χ0) is 15.6. The summed E-state index contributed by atoms with van der Waals surface area (Å²) in [4.78, 5) is -0.199. The van der Waals surface area contributed by atoms with Crippen molar-refractivity contribution >= 4 is 45.5 Å². The molecule has 0 aromatic heterocycles. The average molecular weight is 406 g/mol. The highest BCUT2D eigenvalue weighted by molar-refractivity contribution is 9.10. The van der Waals surface area contributed by atoms with Crippen molar-refractivity contribution in [2.24, 2.45) is 0 Å². The number of rotatable bonds is 6. The van der Waals surface area contributed by atoms with E-state index in [1.165, 1.54) is 12.1 Å². The molecule has 1 aromatic rings. The normalized spacial score (nSPS) is 12.7. The van der Waals surface area contributed by atoms with Crippen LogP contribution in [0.1, 0.15) is 13.8 Å². The monoisotopic (exact) mass is 404 g/mol. The number of sulfone groups is 1. The van der Waals surface area contributed by atoms with Gasteiger partial charge in [-0.25, -0.2) is 16.8 Å². The molecular formula is C11H14BrClO5S2. The number of hydrogen-bond acceptors (Lipinski definition) is 5. The lowest BCUT2D eigenvalue weighted by Crippen LogP contribution is -2.22. The lowest BCUT2D eigenvalue weighted by Gasteiger charge is -2.11. The molecule has 114 valence electrons. The molecular weight excluding hydrogens is 392 g/mol. The minimum Gasteiger partial charge on any atom is -0.491 e. The van der Waals surface area contributed by atoms with Crippen molar-refractivity contribution in [3.05, 3.63) is 22.7 Å². The fraction of sp³-hybridized carbons (Fsp3) is 0.455. The highest BCUT2D eigenvalue weighted by Crippen LogP contribution is 2.30. The Kier molecular flexibility index (Phi) is 5.89. The molecule has 0 saturated carbocycles. The SMILES string of the molecule is CC(C)S(=O)(=O)CCOc1ccc(Br)cc1S(=O)(=O)Cl. The van der Waals surface area contributed by atoms with Gasteiger partial charge >= 0.3 is 0 Å². The van der Waals surface area contributed by atoms with Crippen LogP contribution in [0.2, 0.25) is 0 Å². The Labute approximate surface area is 131 Å². The lowest BCUT2D eigenvalue weighted by atomic mass is 10.3. The Morgan fingerprint density at radius 1 is 1.25 bits per heavy atom. The van der Waals surface area contributed by atoms with E-state index in [0.717, 1.165) is 0 Å². The molecule has 0 atom stereocenters. The van der Waals surface area contributed by atoms with Crippen molar-refractivity contribution < 1.29 is 21.6 Å². The van der Waals surface area contributed by atoms with Crippen LogP contribution in [-0.2, 0) is 18.9 Å². The molecule has 0 fully saturated rings. The second-order valence-corrected chi connectivity index (χ2v) is 10.4.